The third-order valence-corrected chi connectivity index (χ3v) is 5.53. The van der Waals surface area contributed by atoms with Gasteiger partial charge in [0.2, 0.25) is 0 Å². The van der Waals surface area contributed by atoms with Crippen LogP contribution < -0.4 is 0 Å². The molecule has 5 nitrogen and oxygen atoms in total. The highest BCUT2D eigenvalue weighted by Gasteiger charge is 2.35. The van der Waals surface area contributed by atoms with Crippen LogP contribution in [-0.2, 0) is 14.9 Å². The molecule has 0 amide bonds. The molecule has 0 aromatic rings. The summed E-state index contributed by atoms with van der Waals surface area (Å²) < 4.78 is 32.6. The zero-order valence-corrected chi connectivity index (χ0v) is 10.7. The van der Waals surface area contributed by atoms with Gasteiger partial charge in [-0.3, -0.25) is 0 Å². The lowest BCUT2D eigenvalue weighted by Crippen LogP contribution is -2.47. The van der Waals surface area contributed by atoms with E-state index in [0.29, 0.717) is 51.2 Å². The van der Waals surface area contributed by atoms with E-state index in [-0.39, 0.29) is 0 Å². The molecule has 2 aliphatic heterocycles. The van der Waals surface area contributed by atoms with Crippen LogP contribution in [0.4, 0.5) is 0 Å². The van der Waals surface area contributed by atoms with E-state index < -0.39 is 10.2 Å². The van der Waals surface area contributed by atoms with Crippen molar-refractivity contribution in [2.75, 3.05) is 45.3 Å². The second-order valence-corrected chi connectivity index (χ2v) is 6.42. The Morgan fingerprint density at radius 3 is 2.44 bits per heavy atom. The molecule has 0 aromatic heterocycles. The molecule has 0 aliphatic carbocycles. The fourth-order valence-corrected chi connectivity index (χ4v) is 4.00. The third-order valence-electron chi connectivity index (χ3n) is 3.09. The molecule has 2 fully saturated rings. The number of hydrogen-bond donors (Lipinski definition) is 0. The molecule has 1 unspecified atom stereocenters. The number of morpholine rings is 1. The zero-order valence-electron chi connectivity index (χ0n) is 9.14. The van der Waals surface area contributed by atoms with Crippen molar-refractivity contribution >= 4 is 21.8 Å². The van der Waals surface area contributed by atoms with E-state index in [1.54, 1.807) is 4.31 Å². The first-order valence-electron chi connectivity index (χ1n) is 5.53. The molecule has 7 heteroatoms. The molecule has 0 bridgehead atoms. The van der Waals surface area contributed by atoms with Gasteiger partial charge in [-0.05, 0) is 12.3 Å². The Morgan fingerprint density at radius 2 is 1.88 bits per heavy atom. The topological polar surface area (TPSA) is 49.9 Å². The highest BCUT2D eigenvalue weighted by atomic mass is 35.5. The monoisotopic (exact) mass is 268 g/mol. The van der Waals surface area contributed by atoms with Crippen LogP contribution in [0.1, 0.15) is 6.42 Å². The van der Waals surface area contributed by atoms with E-state index in [2.05, 4.69) is 0 Å². The fraction of sp³-hybridized carbons (Fsp3) is 1.00. The third kappa shape index (κ3) is 2.51. The van der Waals surface area contributed by atoms with Gasteiger partial charge < -0.3 is 4.74 Å². The van der Waals surface area contributed by atoms with E-state index >= 15 is 0 Å². The Bertz CT molecular complexity index is 330. The van der Waals surface area contributed by atoms with Crippen LogP contribution in [0.5, 0.6) is 0 Å². The Balaban J connectivity index is 2.01. The van der Waals surface area contributed by atoms with E-state index in [0.717, 1.165) is 6.42 Å². The largest absolute Gasteiger partial charge is 0.379 e. The highest BCUT2D eigenvalue weighted by Crippen LogP contribution is 2.22. The summed E-state index contributed by atoms with van der Waals surface area (Å²) in [5.74, 6) is 0.840. The van der Waals surface area contributed by atoms with E-state index in [4.69, 9.17) is 16.3 Å². The molecule has 0 aromatic carbocycles. The van der Waals surface area contributed by atoms with Gasteiger partial charge in [-0.25, -0.2) is 0 Å². The molecule has 2 saturated heterocycles. The van der Waals surface area contributed by atoms with Crippen LogP contribution in [-0.4, -0.2) is 62.3 Å². The van der Waals surface area contributed by atoms with Gasteiger partial charge in [-0.2, -0.15) is 17.0 Å². The standard InChI is InChI=1S/C9H17ClN2O3S/c10-7-9-1-2-12(8-9)16(13,14)11-3-5-15-6-4-11/h9H,1-8H2. The molecule has 1 atom stereocenters. The van der Waals surface area contributed by atoms with Crippen LogP contribution in [0, 0.1) is 5.92 Å². The first kappa shape index (κ1) is 12.6. The van der Waals surface area contributed by atoms with E-state index in [1.165, 1.54) is 4.31 Å². The van der Waals surface area contributed by atoms with Crippen molar-refractivity contribution in [1.29, 1.82) is 0 Å². The summed E-state index contributed by atoms with van der Waals surface area (Å²) >= 11 is 5.75. The minimum Gasteiger partial charge on any atom is -0.379 e. The number of halogens is 1. The Morgan fingerprint density at radius 1 is 1.19 bits per heavy atom. The van der Waals surface area contributed by atoms with Gasteiger partial charge in [0.25, 0.3) is 10.2 Å². The lowest BCUT2D eigenvalue weighted by atomic mass is 10.2. The number of hydrogen-bond acceptors (Lipinski definition) is 3. The van der Waals surface area contributed by atoms with Crippen LogP contribution in [0.2, 0.25) is 0 Å². The van der Waals surface area contributed by atoms with Crippen LogP contribution in [0.15, 0.2) is 0 Å². The van der Waals surface area contributed by atoms with Gasteiger partial charge in [0.05, 0.1) is 13.2 Å². The summed E-state index contributed by atoms with van der Waals surface area (Å²) in [5, 5.41) is 0. The smallest absolute Gasteiger partial charge is 0.282 e. The van der Waals surface area contributed by atoms with Gasteiger partial charge in [0, 0.05) is 32.1 Å². The second-order valence-electron chi connectivity index (χ2n) is 4.19. The fourth-order valence-electron chi connectivity index (χ4n) is 2.07. The summed E-state index contributed by atoms with van der Waals surface area (Å²) in [6.45, 7) is 3.06. The average molecular weight is 269 g/mol. The minimum atomic E-state index is -3.28. The Hall–Kier alpha value is 0.120. The normalized spacial score (nSPS) is 29.7. The van der Waals surface area contributed by atoms with E-state index in [1.807, 2.05) is 0 Å². The Labute approximate surface area is 101 Å². The molecule has 16 heavy (non-hydrogen) atoms. The van der Waals surface area contributed by atoms with Crippen molar-refractivity contribution < 1.29 is 13.2 Å². The molecule has 2 rings (SSSR count). The van der Waals surface area contributed by atoms with Gasteiger partial charge in [-0.15, -0.1) is 11.6 Å². The first-order chi connectivity index (χ1) is 7.64. The summed E-state index contributed by atoms with van der Waals surface area (Å²) in [7, 11) is -3.28. The SMILES string of the molecule is O=S(=O)(N1CCOCC1)N1CCC(CCl)C1. The molecular weight excluding hydrogens is 252 g/mol. The molecule has 2 heterocycles. The van der Waals surface area contributed by atoms with E-state index in [9.17, 15) is 8.42 Å². The number of nitrogens with zero attached hydrogens (tertiary/aromatic N) is 2. The van der Waals surface area contributed by atoms with Gasteiger partial charge in [0.15, 0.2) is 0 Å². The summed E-state index contributed by atoms with van der Waals surface area (Å²) in [6, 6.07) is 0. The van der Waals surface area contributed by atoms with Crippen LogP contribution in [0.25, 0.3) is 0 Å². The Kier molecular flexibility index (Phi) is 4.07. The summed E-state index contributed by atoms with van der Waals surface area (Å²) in [6.07, 6.45) is 0.868. The molecule has 2 aliphatic rings. The van der Waals surface area contributed by atoms with Gasteiger partial charge >= 0.3 is 0 Å². The molecule has 0 spiro atoms. The lowest BCUT2D eigenvalue weighted by Gasteiger charge is -2.30. The van der Waals surface area contributed by atoms with Gasteiger partial charge in [-0.1, -0.05) is 0 Å². The molecule has 0 radical (unpaired) electrons. The van der Waals surface area contributed by atoms with Gasteiger partial charge in [0.1, 0.15) is 0 Å². The van der Waals surface area contributed by atoms with Crippen molar-refractivity contribution in [2.24, 2.45) is 5.92 Å². The zero-order chi connectivity index (χ0) is 11.6. The van der Waals surface area contributed by atoms with Crippen molar-refractivity contribution in [1.82, 2.24) is 8.61 Å². The maximum atomic E-state index is 12.2. The molecular formula is C9H17ClN2O3S. The summed E-state index contributed by atoms with van der Waals surface area (Å²) in [4.78, 5) is 0. The molecule has 0 saturated carbocycles. The van der Waals surface area contributed by atoms with Crippen LogP contribution >= 0.6 is 11.6 Å². The van der Waals surface area contributed by atoms with Crippen molar-refractivity contribution in [3.05, 3.63) is 0 Å². The summed E-state index contributed by atoms with van der Waals surface area (Å²) in [5.41, 5.74) is 0. The highest BCUT2D eigenvalue weighted by molar-refractivity contribution is 7.86. The van der Waals surface area contributed by atoms with Crippen molar-refractivity contribution in [3.63, 3.8) is 0 Å². The maximum absolute atomic E-state index is 12.2. The second kappa shape index (κ2) is 5.18. The minimum absolute atomic E-state index is 0.303. The number of alkyl halides is 1. The number of rotatable bonds is 3. The molecule has 0 N–H and O–H groups in total. The number of ether oxygens (including phenoxy) is 1. The average Bonchev–Trinajstić information content (AvgIpc) is 2.79. The van der Waals surface area contributed by atoms with Crippen molar-refractivity contribution in [2.45, 2.75) is 6.42 Å². The lowest BCUT2D eigenvalue weighted by molar-refractivity contribution is 0.0705. The maximum Gasteiger partial charge on any atom is 0.282 e. The predicted molar refractivity (Wildman–Crippen MR) is 61.7 cm³/mol. The quantitative estimate of drug-likeness (QED) is 0.684. The first-order valence-corrected chi connectivity index (χ1v) is 7.46. The van der Waals surface area contributed by atoms with Crippen molar-refractivity contribution in [3.8, 4) is 0 Å². The predicted octanol–water partition coefficient (Wildman–Crippen LogP) is 0.124. The molecule has 94 valence electrons. The van der Waals surface area contributed by atoms with Crippen LogP contribution in [0.3, 0.4) is 0 Å².